The van der Waals surface area contributed by atoms with Crippen LogP contribution in [0.5, 0.6) is 5.75 Å². The molecule has 0 bridgehead atoms. The summed E-state index contributed by atoms with van der Waals surface area (Å²) >= 11 is 0. The lowest BCUT2D eigenvalue weighted by atomic mass is 9.75. The van der Waals surface area contributed by atoms with Gasteiger partial charge in [0, 0.05) is 42.1 Å². The SMILES string of the molecule is BC(B)N1[C@H](C)CN(c2c(OC)cc3c(=O)c4c5ccc(C#N)cc5[nH]c4n(C(C)C)c3c2F)C[C@@H]1C. The molecular formula is C27H32B2FN5O2. The van der Waals surface area contributed by atoms with Crippen molar-refractivity contribution in [3.63, 3.8) is 0 Å². The highest BCUT2D eigenvalue weighted by molar-refractivity contribution is 6.35. The van der Waals surface area contributed by atoms with Crippen molar-refractivity contribution in [3.05, 3.63) is 45.9 Å². The zero-order valence-electron chi connectivity index (χ0n) is 22.5. The third kappa shape index (κ3) is 3.79. The summed E-state index contributed by atoms with van der Waals surface area (Å²) in [5.41, 5.74) is 2.13. The summed E-state index contributed by atoms with van der Waals surface area (Å²) in [6.07, 6.45) is 0. The van der Waals surface area contributed by atoms with Crippen LogP contribution in [-0.2, 0) is 0 Å². The number of aromatic nitrogens is 2. The van der Waals surface area contributed by atoms with Gasteiger partial charge in [-0.25, -0.2) is 4.39 Å². The van der Waals surface area contributed by atoms with Crippen molar-refractivity contribution < 1.29 is 9.13 Å². The van der Waals surface area contributed by atoms with E-state index in [0.29, 0.717) is 57.9 Å². The first-order chi connectivity index (χ1) is 17.6. The molecule has 4 aromatic rings. The van der Waals surface area contributed by atoms with Gasteiger partial charge in [0.05, 0.1) is 35.0 Å². The van der Waals surface area contributed by atoms with Gasteiger partial charge in [-0.2, -0.15) is 5.26 Å². The third-order valence-electron chi connectivity index (χ3n) is 7.68. The molecule has 2 aromatic heterocycles. The molecule has 37 heavy (non-hydrogen) atoms. The van der Waals surface area contributed by atoms with Crippen LogP contribution in [0.2, 0.25) is 0 Å². The molecule has 5 rings (SSSR count). The molecule has 1 aliphatic rings. The number of ether oxygens (including phenoxy) is 1. The lowest BCUT2D eigenvalue weighted by molar-refractivity contribution is 0.143. The van der Waals surface area contributed by atoms with Gasteiger partial charge < -0.3 is 24.1 Å². The molecular weight excluding hydrogens is 467 g/mol. The summed E-state index contributed by atoms with van der Waals surface area (Å²) < 4.78 is 24.3. The third-order valence-corrected chi connectivity index (χ3v) is 7.68. The van der Waals surface area contributed by atoms with Crippen molar-refractivity contribution in [2.45, 2.75) is 51.7 Å². The molecule has 0 spiro atoms. The Labute approximate surface area is 217 Å². The number of anilines is 1. The van der Waals surface area contributed by atoms with Crippen LogP contribution in [0.15, 0.2) is 29.1 Å². The van der Waals surface area contributed by atoms with Crippen LogP contribution in [0, 0.1) is 17.1 Å². The fourth-order valence-electron chi connectivity index (χ4n) is 6.43. The number of halogens is 1. The van der Waals surface area contributed by atoms with Gasteiger partial charge in [0.15, 0.2) is 11.2 Å². The van der Waals surface area contributed by atoms with E-state index in [1.165, 1.54) is 7.11 Å². The van der Waals surface area contributed by atoms with Gasteiger partial charge in [0.2, 0.25) is 0 Å². The first-order valence-corrected chi connectivity index (χ1v) is 12.9. The number of nitrogens with one attached hydrogen (secondary N) is 1. The van der Waals surface area contributed by atoms with Crippen molar-refractivity contribution in [2.24, 2.45) is 0 Å². The molecule has 3 heterocycles. The average Bonchev–Trinajstić information content (AvgIpc) is 3.21. The Kier molecular flexibility index (Phi) is 6.23. The van der Waals surface area contributed by atoms with Crippen LogP contribution in [0.25, 0.3) is 32.8 Å². The number of H-pyrrole nitrogens is 1. The first kappa shape index (κ1) is 25.2. The molecule has 1 saturated heterocycles. The van der Waals surface area contributed by atoms with Crippen molar-refractivity contribution in [2.75, 3.05) is 25.1 Å². The molecule has 1 N–H and O–H groups in total. The number of pyridine rings is 1. The van der Waals surface area contributed by atoms with Gasteiger partial charge >= 0.3 is 0 Å². The number of hydrogen-bond donors (Lipinski definition) is 1. The fraction of sp³-hybridized carbons (Fsp3) is 0.407. The number of fused-ring (bicyclic) bond motifs is 4. The van der Waals surface area contributed by atoms with Crippen LogP contribution in [0.1, 0.15) is 39.3 Å². The minimum absolute atomic E-state index is 0.138. The van der Waals surface area contributed by atoms with E-state index in [2.05, 4.69) is 50.4 Å². The Morgan fingerprint density at radius 3 is 2.41 bits per heavy atom. The molecule has 2 atom stereocenters. The molecule has 0 amide bonds. The van der Waals surface area contributed by atoms with Crippen molar-refractivity contribution in [1.82, 2.24) is 14.5 Å². The predicted molar refractivity (Wildman–Crippen MR) is 153 cm³/mol. The molecule has 7 nitrogen and oxygen atoms in total. The number of hydrogen-bond acceptors (Lipinski definition) is 5. The van der Waals surface area contributed by atoms with Crippen LogP contribution in [-0.4, -0.2) is 68.3 Å². The number of piperazine rings is 1. The second-order valence-corrected chi connectivity index (χ2v) is 10.8. The number of methoxy groups -OCH3 is 1. The highest BCUT2D eigenvalue weighted by Gasteiger charge is 2.34. The predicted octanol–water partition coefficient (Wildman–Crippen LogP) is 2.69. The zero-order chi connectivity index (χ0) is 26.8. The summed E-state index contributed by atoms with van der Waals surface area (Å²) in [6, 6.07) is 9.35. The molecule has 10 heteroatoms. The fourth-order valence-corrected chi connectivity index (χ4v) is 6.43. The summed E-state index contributed by atoms with van der Waals surface area (Å²) in [5, 5.41) is 10.8. The topological polar surface area (TPSA) is 77.3 Å². The van der Waals surface area contributed by atoms with Gasteiger partial charge in [-0.3, -0.25) is 4.79 Å². The highest BCUT2D eigenvalue weighted by Crippen LogP contribution is 2.40. The molecule has 0 unspecified atom stereocenters. The van der Waals surface area contributed by atoms with E-state index in [1.54, 1.807) is 24.3 Å². The lowest BCUT2D eigenvalue weighted by Crippen LogP contribution is -2.60. The Morgan fingerprint density at radius 1 is 1.16 bits per heavy atom. The minimum Gasteiger partial charge on any atom is -0.494 e. The standard InChI is InChI=1S/C27H32B2FN5O2/c1-13(2)34-23-18(25(36)21-17-7-6-16(10-31)8-19(17)32-26(21)34)9-20(37-5)24(22(23)30)33-11-14(3)35(27(28)29)15(4)12-33/h6-9,13-15,27,32H,11-12,28-29H2,1-5H3/t14-,15+. The Morgan fingerprint density at radius 2 is 1.84 bits per heavy atom. The summed E-state index contributed by atoms with van der Waals surface area (Å²) in [5.74, 6) is 0.301. The maximum absolute atomic E-state index is 16.8. The maximum Gasteiger partial charge on any atom is 0.199 e. The number of nitriles is 1. The summed E-state index contributed by atoms with van der Waals surface area (Å²) in [7, 11) is 5.90. The molecule has 1 aliphatic heterocycles. The first-order valence-electron chi connectivity index (χ1n) is 12.9. The smallest absolute Gasteiger partial charge is 0.199 e. The van der Waals surface area contributed by atoms with E-state index < -0.39 is 5.82 Å². The molecule has 0 aliphatic carbocycles. The van der Waals surface area contributed by atoms with Gasteiger partial charge in [0.25, 0.3) is 0 Å². The number of rotatable bonds is 4. The van der Waals surface area contributed by atoms with E-state index in [4.69, 9.17) is 4.74 Å². The average molecular weight is 499 g/mol. The highest BCUT2D eigenvalue weighted by atomic mass is 19.1. The number of benzene rings is 2. The molecule has 190 valence electrons. The zero-order valence-corrected chi connectivity index (χ0v) is 22.5. The van der Waals surface area contributed by atoms with E-state index in [1.807, 2.05) is 18.4 Å². The van der Waals surface area contributed by atoms with Crippen LogP contribution in [0.4, 0.5) is 10.1 Å². The van der Waals surface area contributed by atoms with Crippen LogP contribution in [0.3, 0.4) is 0 Å². The second kappa shape index (κ2) is 9.14. The van der Waals surface area contributed by atoms with E-state index in [0.717, 1.165) is 0 Å². The van der Waals surface area contributed by atoms with Crippen molar-refractivity contribution >= 4 is 54.2 Å². The molecule has 0 radical (unpaired) electrons. The quantitative estimate of drug-likeness (QED) is 0.438. The maximum atomic E-state index is 16.8. The minimum atomic E-state index is -0.448. The second-order valence-electron chi connectivity index (χ2n) is 10.8. The van der Waals surface area contributed by atoms with Crippen LogP contribution < -0.4 is 15.1 Å². The van der Waals surface area contributed by atoms with Crippen LogP contribution >= 0.6 is 0 Å². The summed E-state index contributed by atoms with van der Waals surface area (Å²) in [4.78, 5) is 21.7. The largest absolute Gasteiger partial charge is 0.494 e. The van der Waals surface area contributed by atoms with Crippen molar-refractivity contribution in [3.8, 4) is 11.8 Å². The summed E-state index contributed by atoms with van der Waals surface area (Å²) in [6.45, 7) is 9.59. The van der Waals surface area contributed by atoms with Crippen molar-refractivity contribution in [1.29, 1.82) is 5.26 Å². The Bertz CT molecular complexity index is 1630. The monoisotopic (exact) mass is 499 g/mol. The lowest BCUT2D eigenvalue weighted by Gasteiger charge is -2.48. The molecule has 0 saturated carbocycles. The van der Waals surface area contributed by atoms with E-state index >= 15 is 4.39 Å². The molecule has 1 fully saturated rings. The number of nitrogens with zero attached hydrogens (tertiary/aromatic N) is 4. The normalized spacial score (nSPS) is 18.9. The van der Waals surface area contributed by atoms with Gasteiger partial charge in [-0.05, 0) is 51.7 Å². The Hall–Kier alpha value is -3.44. The van der Waals surface area contributed by atoms with Gasteiger partial charge in [0.1, 0.15) is 32.8 Å². The number of aromatic amines is 1. The Balaban J connectivity index is 1.84. The van der Waals surface area contributed by atoms with E-state index in [9.17, 15) is 10.1 Å². The molecule has 2 aromatic carbocycles. The van der Waals surface area contributed by atoms with Gasteiger partial charge in [-0.15, -0.1) is 0 Å². The van der Waals surface area contributed by atoms with E-state index in [-0.39, 0.29) is 34.5 Å². The van der Waals surface area contributed by atoms with Gasteiger partial charge in [-0.1, -0.05) is 6.07 Å².